The summed E-state index contributed by atoms with van der Waals surface area (Å²) in [5, 5.41) is 0. The van der Waals surface area contributed by atoms with Gasteiger partial charge in [-0.2, -0.15) is 0 Å². The number of benzene rings is 4. The Labute approximate surface area is 213 Å². The third-order valence-electron chi connectivity index (χ3n) is 7.10. The Balaban J connectivity index is 1.52. The van der Waals surface area contributed by atoms with E-state index in [1.807, 2.05) is 0 Å². The summed E-state index contributed by atoms with van der Waals surface area (Å²) in [6, 6.07) is 38.6. The van der Waals surface area contributed by atoms with Gasteiger partial charge in [0.1, 0.15) is 0 Å². The fraction of sp³-hybridized carbons (Fsp3) is 0.121. The van der Waals surface area contributed by atoms with Crippen molar-refractivity contribution in [2.75, 3.05) is 0 Å². The molecule has 1 atom stereocenters. The Morgan fingerprint density at radius 3 is 2.09 bits per heavy atom. The molecule has 0 amide bonds. The molecule has 4 aromatic rings. The average Bonchev–Trinajstić information content (AvgIpc) is 3.51. The van der Waals surface area contributed by atoms with E-state index in [1.165, 1.54) is 50.1 Å². The van der Waals surface area contributed by atoms with Gasteiger partial charge in [0.05, 0.1) is 0 Å². The molecule has 0 fully saturated rings. The van der Waals surface area contributed by atoms with Gasteiger partial charge in [0.2, 0.25) is 0 Å². The van der Waals surface area contributed by atoms with E-state index in [-0.39, 0.29) is 0 Å². The molecule has 0 bridgehead atoms. The molecule has 34 heavy (non-hydrogen) atoms. The molecule has 0 radical (unpaired) electrons. The fourth-order valence-corrected chi connectivity index (χ4v) is 9.77. The molecule has 2 aliphatic carbocycles. The minimum absolute atomic E-state index is 0.528. The van der Waals surface area contributed by atoms with Gasteiger partial charge in [-0.05, 0) is 0 Å². The van der Waals surface area contributed by atoms with Crippen LogP contribution in [-0.2, 0) is 22.8 Å². The summed E-state index contributed by atoms with van der Waals surface area (Å²) in [6.07, 6.45) is 6.79. The van der Waals surface area contributed by atoms with Gasteiger partial charge in [0, 0.05) is 0 Å². The predicted molar refractivity (Wildman–Crippen MR) is 141 cm³/mol. The van der Waals surface area contributed by atoms with Crippen LogP contribution in [0.2, 0.25) is 0 Å². The van der Waals surface area contributed by atoms with Crippen LogP contribution in [0.3, 0.4) is 0 Å². The Morgan fingerprint density at radius 1 is 0.735 bits per heavy atom. The molecule has 1 heteroatoms. The van der Waals surface area contributed by atoms with Crippen LogP contribution in [0.4, 0.5) is 0 Å². The molecule has 0 aliphatic heterocycles. The molecule has 0 N–H and O–H groups in total. The van der Waals surface area contributed by atoms with E-state index in [2.05, 4.69) is 122 Å². The normalized spacial score (nSPS) is 15.7. The van der Waals surface area contributed by atoms with Crippen molar-refractivity contribution in [1.82, 2.24) is 0 Å². The molecule has 2 aliphatic rings. The molecule has 6 rings (SSSR count). The van der Waals surface area contributed by atoms with E-state index in [9.17, 15) is 0 Å². The van der Waals surface area contributed by atoms with Crippen molar-refractivity contribution in [3.63, 3.8) is 0 Å². The molecule has 1 unspecified atom stereocenters. The van der Waals surface area contributed by atoms with Gasteiger partial charge in [-0.25, -0.2) is 0 Å². The van der Waals surface area contributed by atoms with Gasteiger partial charge in [0.15, 0.2) is 0 Å². The Morgan fingerprint density at radius 2 is 1.38 bits per heavy atom. The summed E-state index contributed by atoms with van der Waals surface area (Å²) < 4.78 is 2.11. The van der Waals surface area contributed by atoms with Gasteiger partial charge in [-0.15, -0.1) is 0 Å². The van der Waals surface area contributed by atoms with Crippen LogP contribution >= 0.6 is 0 Å². The molecule has 163 valence electrons. The third kappa shape index (κ3) is 3.87. The van der Waals surface area contributed by atoms with Gasteiger partial charge in [-0.3, -0.25) is 0 Å². The van der Waals surface area contributed by atoms with Crippen molar-refractivity contribution in [1.29, 1.82) is 0 Å². The zero-order valence-corrected chi connectivity index (χ0v) is 21.9. The van der Waals surface area contributed by atoms with Crippen LogP contribution in [-0.4, -0.2) is 3.21 Å². The van der Waals surface area contributed by atoms with Gasteiger partial charge in [0.25, 0.3) is 0 Å². The van der Waals surface area contributed by atoms with Crippen molar-refractivity contribution in [2.45, 2.75) is 23.4 Å². The molecule has 0 heterocycles. The Bertz CT molecular complexity index is 1400. The number of hydrogen-bond donors (Lipinski definition) is 0. The first-order valence-electron chi connectivity index (χ1n) is 12.2. The summed E-state index contributed by atoms with van der Waals surface area (Å²) in [6.45, 7) is 2.26. The van der Waals surface area contributed by atoms with E-state index >= 15 is 0 Å². The first-order valence-corrected chi connectivity index (χ1v) is 14.8. The van der Waals surface area contributed by atoms with Crippen LogP contribution in [0.5, 0.6) is 0 Å². The zero-order valence-electron chi connectivity index (χ0n) is 19.5. The Hall–Kier alpha value is -2.89. The van der Waals surface area contributed by atoms with Crippen LogP contribution < -0.4 is 0 Å². The molecule has 0 saturated carbocycles. The van der Waals surface area contributed by atoms with Crippen molar-refractivity contribution in [2.24, 2.45) is 0 Å². The molecule has 0 saturated heterocycles. The minimum atomic E-state index is -1.03. The number of hydrogen-bond acceptors (Lipinski definition) is 0. The number of allylic oxidation sites excluding steroid dienone is 4. The first kappa shape index (κ1) is 21.6. The van der Waals surface area contributed by atoms with Crippen LogP contribution in [0, 0.1) is 0 Å². The van der Waals surface area contributed by atoms with E-state index in [4.69, 9.17) is 0 Å². The Kier molecular flexibility index (Phi) is 5.98. The molecular formula is C33H27Zr. The van der Waals surface area contributed by atoms with Gasteiger partial charge >= 0.3 is 215 Å². The standard InChI is InChI=1S/C20H17.C13H10.Zr/c1-2-14-7-5-9-18(14)17-11-10-16-12-15-6-3-4-8-19(15)20(16)13-17;1-3-7-12(8-4-1)11-13-9-5-2-6-10-13;/h3-8,10-13H,2,9H2,1H3;1-10H;. The zero-order chi connectivity index (χ0) is 22.9. The molecular weight excluding hydrogens is 488 g/mol. The van der Waals surface area contributed by atoms with Crippen molar-refractivity contribution >= 4 is 8.78 Å². The van der Waals surface area contributed by atoms with Gasteiger partial charge in [-0.1, -0.05) is 0 Å². The molecule has 0 aromatic heterocycles. The number of rotatable bonds is 5. The van der Waals surface area contributed by atoms with Gasteiger partial charge < -0.3 is 0 Å². The van der Waals surface area contributed by atoms with Crippen molar-refractivity contribution < 1.29 is 22.8 Å². The average molecular weight is 515 g/mol. The van der Waals surface area contributed by atoms with Crippen LogP contribution in [0.25, 0.3) is 16.7 Å². The maximum atomic E-state index is 2.48. The molecule has 0 nitrogen and oxygen atoms in total. The second kappa shape index (κ2) is 9.40. The second-order valence-corrected chi connectivity index (χ2v) is 12.4. The monoisotopic (exact) mass is 513 g/mol. The van der Waals surface area contributed by atoms with Crippen molar-refractivity contribution in [3.05, 3.63) is 149 Å². The number of fused-ring (bicyclic) bond motifs is 3. The van der Waals surface area contributed by atoms with Crippen molar-refractivity contribution in [3.8, 4) is 11.1 Å². The van der Waals surface area contributed by atoms with E-state index in [1.54, 1.807) is 3.21 Å². The molecule has 0 spiro atoms. The summed E-state index contributed by atoms with van der Waals surface area (Å²) in [5.41, 5.74) is 13.1. The summed E-state index contributed by atoms with van der Waals surface area (Å²) in [4.78, 5) is 0. The SMILES string of the molecule is CCC1=C(c2ccc3c(c2)-c2ccccc2[CH]3[Zr]=[C](c2ccccc2)c2ccccc2)CC=C1. The third-order valence-corrected chi connectivity index (χ3v) is 11.5. The summed E-state index contributed by atoms with van der Waals surface area (Å²) in [5.74, 6) is 0. The predicted octanol–water partition coefficient (Wildman–Crippen LogP) is 8.23. The van der Waals surface area contributed by atoms with Crippen LogP contribution in [0.1, 0.15) is 51.2 Å². The van der Waals surface area contributed by atoms with E-state index in [0.717, 1.165) is 12.8 Å². The second-order valence-electron chi connectivity index (χ2n) is 9.04. The van der Waals surface area contributed by atoms with Crippen LogP contribution in [0.15, 0.2) is 121 Å². The first-order chi connectivity index (χ1) is 16.8. The quantitative estimate of drug-likeness (QED) is 0.252. The topological polar surface area (TPSA) is 0 Å². The summed E-state index contributed by atoms with van der Waals surface area (Å²) in [7, 11) is 0. The van der Waals surface area contributed by atoms with E-state index < -0.39 is 22.8 Å². The molecule has 4 aromatic carbocycles. The summed E-state index contributed by atoms with van der Waals surface area (Å²) >= 11 is -1.03. The maximum absolute atomic E-state index is 2.48. The fourth-order valence-electron chi connectivity index (χ4n) is 5.42. The van der Waals surface area contributed by atoms with E-state index in [0.29, 0.717) is 3.63 Å².